The normalized spacial score (nSPS) is 21.3. The Kier molecular flexibility index (Phi) is 21.7. The molecule has 5 atom stereocenters. The van der Waals surface area contributed by atoms with Crippen molar-refractivity contribution >= 4 is 69.0 Å². The smallest absolute Gasteiger partial charge is 0.338 e. The molecule has 4 aromatic carbocycles. The fourth-order valence-electron chi connectivity index (χ4n) is 9.89. The summed E-state index contributed by atoms with van der Waals surface area (Å²) < 4.78 is 20.9. The molecule has 12 heteroatoms. The van der Waals surface area contributed by atoms with E-state index in [1.165, 1.54) is 81.8 Å². The number of thioether (sulfide) groups is 2. The van der Waals surface area contributed by atoms with Crippen LogP contribution in [-0.2, 0) is 50.5 Å². The van der Waals surface area contributed by atoms with Crippen LogP contribution in [0.25, 0.3) is 0 Å². The maximum Gasteiger partial charge on any atom is 0.338 e. The molecule has 0 spiro atoms. The van der Waals surface area contributed by atoms with E-state index in [0.29, 0.717) is 34.1 Å². The average Bonchev–Trinajstić information content (AvgIpc) is 4.13. The SMILES string of the molecule is C=C(C)C(=O)OCCOC(=O)c1ccc(CSSC2(CCCCCCCCCCC34C=CC(C3)C(SCc3ccc(C(=O)OCCOC(=O)C(=C)C)cc3)(c3ccccc3)S4)C=CC(Cc3ccccc3)C2)cc1. The van der Waals surface area contributed by atoms with E-state index < -0.39 is 23.9 Å². The summed E-state index contributed by atoms with van der Waals surface area (Å²) in [5.74, 6) is 0.806. The van der Waals surface area contributed by atoms with Gasteiger partial charge in [-0.2, -0.15) is 0 Å². The Morgan fingerprint density at radius 2 is 1.08 bits per heavy atom. The van der Waals surface area contributed by atoms with Crippen LogP contribution in [0.4, 0.5) is 0 Å². The van der Waals surface area contributed by atoms with Crippen molar-refractivity contribution in [2.75, 3.05) is 26.4 Å². The summed E-state index contributed by atoms with van der Waals surface area (Å²) >= 11 is 4.19. The first-order valence-electron chi connectivity index (χ1n) is 26.2. The van der Waals surface area contributed by atoms with E-state index >= 15 is 0 Å². The predicted octanol–water partition coefficient (Wildman–Crippen LogP) is 15.4. The summed E-state index contributed by atoms with van der Waals surface area (Å²) in [5, 5.41) is 0. The monoisotopic (exact) mass is 1070 g/mol. The van der Waals surface area contributed by atoms with Gasteiger partial charge in [0, 0.05) is 38.1 Å². The summed E-state index contributed by atoms with van der Waals surface area (Å²) in [6.45, 7) is 10.3. The lowest BCUT2D eigenvalue weighted by Gasteiger charge is -2.37. The molecule has 0 aromatic heterocycles. The van der Waals surface area contributed by atoms with Gasteiger partial charge in [0.15, 0.2) is 0 Å². The number of allylic oxidation sites excluding steroid dienone is 2. The van der Waals surface area contributed by atoms with Crippen molar-refractivity contribution in [3.63, 3.8) is 0 Å². The van der Waals surface area contributed by atoms with Gasteiger partial charge in [0.2, 0.25) is 0 Å². The largest absolute Gasteiger partial charge is 0.459 e. The molecule has 0 amide bonds. The maximum absolute atomic E-state index is 12.7. The first-order chi connectivity index (χ1) is 35.9. The highest BCUT2D eigenvalue weighted by Gasteiger charge is 2.57. The third-order valence-corrected chi connectivity index (χ3v) is 20.8. The molecule has 5 unspecified atom stereocenters. The van der Waals surface area contributed by atoms with Gasteiger partial charge in [0.25, 0.3) is 0 Å². The number of hydrogen-bond donors (Lipinski definition) is 0. The van der Waals surface area contributed by atoms with E-state index in [9.17, 15) is 19.2 Å². The van der Waals surface area contributed by atoms with Crippen LogP contribution in [0.3, 0.4) is 0 Å². The van der Waals surface area contributed by atoms with Crippen molar-refractivity contribution < 1.29 is 38.1 Å². The molecule has 74 heavy (non-hydrogen) atoms. The third-order valence-electron chi connectivity index (χ3n) is 13.9. The van der Waals surface area contributed by atoms with E-state index in [4.69, 9.17) is 18.9 Å². The first-order valence-corrected chi connectivity index (χ1v) is 30.3. The summed E-state index contributed by atoms with van der Waals surface area (Å²) in [6.07, 6.45) is 25.9. The lowest BCUT2D eigenvalue weighted by molar-refractivity contribution is -0.140. The molecule has 1 heterocycles. The van der Waals surface area contributed by atoms with Crippen molar-refractivity contribution in [3.8, 4) is 0 Å². The highest BCUT2D eigenvalue weighted by atomic mass is 33.1. The van der Waals surface area contributed by atoms with Gasteiger partial charge < -0.3 is 18.9 Å². The van der Waals surface area contributed by atoms with Gasteiger partial charge in [-0.25, -0.2) is 19.2 Å². The molecular formula is C62H72O8S4. The van der Waals surface area contributed by atoms with Crippen LogP contribution in [0.1, 0.15) is 134 Å². The number of carbonyl (C=O) groups is 4. The fraction of sp³-hybridized carbons (Fsp3) is 0.419. The molecule has 0 saturated carbocycles. The van der Waals surface area contributed by atoms with Crippen LogP contribution in [-0.4, -0.2) is 59.8 Å². The molecule has 3 aliphatic rings. The number of unbranched alkanes of at least 4 members (excludes halogenated alkanes) is 7. The minimum absolute atomic E-state index is 0.00210. The van der Waals surface area contributed by atoms with Crippen molar-refractivity contribution in [3.05, 3.63) is 191 Å². The van der Waals surface area contributed by atoms with Crippen molar-refractivity contribution in [2.24, 2.45) is 11.8 Å². The van der Waals surface area contributed by atoms with Gasteiger partial charge in [0.1, 0.15) is 26.4 Å². The second kappa shape index (κ2) is 28.3. The molecule has 2 bridgehead atoms. The van der Waals surface area contributed by atoms with E-state index in [2.05, 4.69) is 110 Å². The van der Waals surface area contributed by atoms with Crippen molar-refractivity contribution in [1.82, 2.24) is 0 Å². The molecular weight excluding hydrogens is 1000 g/mol. The lowest BCUT2D eigenvalue weighted by atomic mass is 9.92. The van der Waals surface area contributed by atoms with Gasteiger partial charge in [-0.15, -0.1) is 23.5 Å². The lowest BCUT2D eigenvalue weighted by Crippen LogP contribution is -2.25. The van der Waals surface area contributed by atoms with Gasteiger partial charge >= 0.3 is 23.9 Å². The molecule has 4 aromatic rings. The Morgan fingerprint density at radius 1 is 0.568 bits per heavy atom. The molecule has 1 fully saturated rings. The number of ether oxygens (including phenoxy) is 4. The Labute approximate surface area is 456 Å². The standard InChI is InChI=1S/C62H72O8S4/c1-46(2)56(63)67-37-39-69-58(65)52-27-23-49(24-28-52)44-71-62(54-21-15-12-16-22-54)55-32-36-60(43-55,73-62)33-17-9-7-5-6-8-10-18-34-61(35-31-51(42-61)41-48-19-13-11-14-20-48)74-72-45-50-25-29-53(30-26-50)59(66)70-40-38-68-57(64)47(3)4/h11-16,19-32,35-36,51,55H,1,3,5-10,17-18,33-34,37-45H2,2,4H3. The van der Waals surface area contributed by atoms with Crippen LogP contribution in [0.5, 0.6) is 0 Å². The summed E-state index contributed by atoms with van der Waals surface area (Å²) in [5.41, 5.74) is 6.67. The minimum atomic E-state index is -0.495. The second-order valence-corrected chi connectivity index (χ2v) is 25.8. The molecule has 8 nitrogen and oxygen atoms in total. The third kappa shape index (κ3) is 16.6. The van der Waals surface area contributed by atoms with Crippen molar-refractivity contribution in [2.45, 2.75) is 122 Å². The number of benzene rings is 4. The number of esters is 4. The van der Waals surface area contributed by atoms with E-state index in [1.807, 2.05) is 81.9 Å². The molecule has 7 rings (SSSR count). The summed E-state index contributed by atoms with van der Waals surface area (Å²) in [6, 6.07) is 37.2. The van der Waals surface area contributed by atoms with Gasteiger partial charge in [-0.05, 0) is 98.4 Å². The topological polar surface area (TPSA) is 105 Å². The van der Waals surface area contributed by atoms with Gasteiger partial charge in [-0.3, -0.25) is 0 Å². The number of hydrogen-bond acceptors (Lipinski definition) is 12. The quantitative estimate of drug-likeness (QED) is 0.0120. The molecule has 2 aliphatic carbocycles. The van der Waals surface area contributed by atoms with E-state index in [0.717, 1.165) is 35.5 Å². The Hall–Kier alpha value is -4.88. The Bertz CT molecular complexity index is 2560. The zero-order valence-corrected chi connectivity index (χ0v) is 46.4. The zero-order valence-electron chi connectivity index (χ0n) is 43.1. The number of carbonyl (C=O) groups excluding carboxylic acids is 4. The van der Waals surface area contributed by atoms with Crippen LogP contribution >= 0.6 is 45.1 Å². The molecule has 392 valence electrons. The van der Waals surface area contributed by atoms with E-state index in [1.54, 1.807) is 13.8 Å². The second-order valence-electron chi connectivity index (χ2n) is 19.9. The van der Waals surface area contributed by atoms with Gasteiger partial charge in [-0.1, -0.05) is 195 Å². The van der Waals surface area contributed by atoms with E-state index in [-0.39, 0.29) is 40.0 Å². The number of rotatable bonds is 31. The fourth-order valence-corrected chi connectivity index (χ4v) is 17.1. The highest BCUT2D eigenvalue weighted by Crippen LogP contribution is 2.70. The van der Waals surface area contributed by atoms with Crippen LogP contribution in [0.15, 0.2) is 158 Å². The zero-order chi connectivity index (χ0) is 52.2. The van der Waals surface area contributed by atoms with Crippen LogP contribution in [0.2, 0.25) is 0 Å². The summed E-state index contributed by atoms with van der Waals surface area (Å²) in [4.78, 5) is 48.4. The molecule has 0 radical (unpaired) electrons. The molecule has 1 aliphatic heterocycles. The maximum atomic E-state index is 12.7. The first kappa shape index (κ1) is 56.8. The molecule has 0 N–H and O–H groups in total. The Balaban J connectivity index is 0.814. The highest BCUT2D eigenvalue weighted by molar-refractivity contribution is 8.76. The average molecular weight is 1070 g/mol. The number of fused-ring (bicyclic) bond motifs is 2. The van der Waals surface area contributed by atoms with Crippen LogP contribution < -0.4 is 0 Å². The summed E-state index contributed by atoms with van der Waals surface area (Å²) in [7, 11) is 3.93. The van der Waals surface area contributed by atoms with Crippen LogP contribution in [0, 0.1) is 11.8 Å². The Morgan fingerprint density at radius 3 is 1.65 bits per heavy atom. The molecule has 1 saturated heterocycles. The predicted molar refractivity (Wildman–Crippen MR) is 307 cm³/mol. The van der Waals surface area contributed by atoms with Gasteiger partial charge in [0.05, 0.1) is 15.2 Å². The minimum Gasteiger partial charge on any atom is -0.459 e. The van der Waals surface area contributed by atoms with Crippen molar-refractivity contribution in [1.29, 1.82) is 0 Å².